The van der Waals surface area contributed by atoms with E-state index in [1.165, 1.54) is 6.20 Å². The largest absolute Gasteiger partial charge is 0.478 e. The maximum atomic E-state index is 11.2. The van der Waals surface area contributed by atoms with Gasteiger partial charge in [-0.15, -0.1) is 0 Å². The number of fused-ring (bicyclic) bond motifs is 1. The summed E-state index contributed by atoms with van der Waals surface area (Å²) in [5, 5.41) is 16.7. The second-order valence-corrected chi connectivity index (χ2v) is 5.06. The van der Waals surface area contributed by atoms with Gasteiger partial charge in [-0.2, -0.15) is 0 Å². The SMILES string of the molecule is O=C1CCC(Nc2ncc(C(=O)O)c3ccccc23)CN1. The lowest BCUT2D eigenvalue weighted by Crippen LogP contribution is -2.42. The Kier molecular flexibility index (Phi) is 3.43. The first-order valence-corrected chi connectivity index (χ1v) is 6.79. The van der Waals surface area contributed by atoms with Crippen molar-refractivity contribution in [3.63, 3.8) is 0 Å². The Morgan fingerprint density at radius 2 is 2.10 bits per heavy atom. The number of rotatable bonds is 3. The molecule has 2 heterocycles. The van der Waals surface area contributed by atoms with Crippen LogP contribution in [0.25, 0.3) is 10.8 Å². The number of carbonyl (C=O) groups excluding carboxylic acids is 1. The number of aromatic nitrogens is 1. The van der Waals surface area contributed by atoms with Gasteiger partial charge in [-0.3, -0.25) is 4.79 Å². The highest BCUT2D eigenvalue weighted by atomic mass is 16.4. The Morgan fingerprint density at radius 1 is 1.33 bits per heavy atom. The Balaban J connectivity index is 1.94. The van der Waals surface area contributed by atoms with Gasteiger partial charge in [0.15, 0.2) is 0 Å². The molecule has 6 heteroatoms. The second-order valence-electron chi connectivity index (χ2n) is 5.06. The van der Waals surface area contributed by atoms with E-state index in [0.717, 1.165) is 11.8 Å². The van der Waals surface area contributed by atoms with E-state index in [1.54, 1.807) is 12.1 Å². The lowest BCUT2D eigenvalue weighted by molar-refractivity contribution is -0.122. The molecule has 1 amide bonds. The molecule has 1 aliphatic rings. The highest BCUT2D eigenvalue weighted by molar-refractivity contribution is 6.06. The van der Waals surface area contributed by atoms with E-state index in [-0.39, 0.29) is 17.5 Å². The molecule has 0 spiro atoms. The first kappa shape index (κ1) is 13.4. The number of carbonyl (C=O) groups is 2. The summed E-state index contributed by atoms with van der Waals surface area (Å²) in [6.07, 6.45) is 2.60. The lowest BCUT2D eigenvalue weighted by Gasteiger charge is -2.24. The zero-order valence-electron chi connectivity index (χ0n) is 11.3. The molecule has 2 aromatic rings. The molecule has 1 aromatic carbocycles. The van der Waals surface area contributed by atoms with Crippen molar-refractivity contribution in [2.75, 3.05) is 11.9 Å². The smallest absolute Gasteiger partial charge is 0.337 e. The molecule has 108 valence electrons. The van der Waals surface area contributed by atoms with Crippen LogP contribution in [0.3, 0.4) is 0 Å². The third-order valence-electron chi connectivity index (χ3n) is 3.63. The number of pyridine rings is 1. The van der Waals surface area contributed by atoms with E-state index in [2.05, 4.69) is 15.6 Å². The van der Waals surface area contributed by atoms with E-state index in [0.29, 0.717) is 24.2 Å². The van der Waals surface area contributed by atoms with Crippen LogP contribution in [-0.4, -0.2) is 34.6 Å². The summed E-state index contributed by atoms with van der Waals surface area (Å²) in [6.45, 7) is 0.551. The van der Waals surface area contributed by atoms with E-state index >= 15 is 0 Å². The summed E-state index contributed by atoms with van der Waals surface area (Å²) in [7, 11) is 0. The fourth-order valence-electron chi connectivity index (χ4n) is 2.53. The summed E-state index contributed by atoms with van der Waals surface area (Å²) in [5.41, 5.74) is 0.188. The number of aromatic carboxylic acids is 1. The summed E-state index contributed by atoms with van der Waals surface area (Å²) in [6, 6.07) is 7.38. The van der Waals surface area contributed by atoms with Gasteiger partial charge in [-0.05, 0) is 6.42 Å². The standard InChI is InChI=1S/C15H15N3O3/c19-13-6-5-9(7-16-13)18-14-11-4-2-1-3-10(11)12(8-17-14)15(20)21/h1-4,8-9H,5-7H2,(H,16,19)(H,17,18)(H,20,21). The number of benzene rings is 1. The van der Waals surface area contributed by atoms with Gasteiger partial charge in [0.1, 0.15) is 5.82 Å². The van der Waals surface area contributed by atoms with E-state index in [9.17, 15) is 14.7 Å². The van der Waals surface area contributed by atoms with Crippen LogP contribution in [0, 0.1) is 0 Å². The van der Waals surface area contributed by atoms with Gasteiger partial charge in [0.2, 0.25) is 5.91 Å². The van der Waals surface area contributed by atoms with Gasteiger partial charge in [-0.1, -0.05) is 24.3 Å². The Bertz CT molecular complexity index is 704. The summed E-state index contributed by atoms with van der Waals surface area (Å²) in [5.74, 6) is -0.279. The van der Waals surface area contributed by atoms with Crippen LogP contribution in [-0.2, 0) is 4.79 Å². The van der Waals surface area contributed by atoms with Crippen LogP contribution in [0.1, 0.15) is 23.2 Å². The van der Waals surface area contributed by atoms with E-state index < -0.39 is 5.97 Å². The zero-order chi connectivity index (χ0) is 14.8. The maximum Gasteiger partial charge on any atom is 0.337 e. The number of nitrogens with zero attached hydrogens (tertiary/aromatic N) is 1. The van der Waals surface area contributed by atoms with Crippen molar-refractivity contribution in [3.05, 3.63) is 36.0 Å². The molecule has 1 saturated heterocycles. The minimum absolute atomic E-state index is 0.0621. The first-order valence-electron chi connectivity index (χ1n) is 6.79. The highest BCUT2D eigenvalue weighted by Gasteiger charge is 2.19. The summed E-state index contributed by atoms with van der Waals surface area (Å²) in [4.78, 5) is 26.7. The molecule has 1 atom stereocenters. The molecule has 6 nitrogen and oxygen atoms in total. The molecule has 3 N–H and O–H groups in total. The van der Waals surface area contributed by atoms with Crippen molar-refractivity contribution >= 4 is 28.5 Å². The number of carboxylic acid groups (broad SMARTS) is 1. The van der Waals surface area contributed by atoms with Gasteiger partial charge in [0.05, 0.1) is 5.56 Å². The quantitative estimate of drug-likeness (QED) is 0.797. The van der Waals surface area contributed by atoms with Crippen molar-refractivity contribution in [2.24, 2.45) is 0 Å². The Labute approximate surface area is 121 Å². The van der Waals surface area contributed by atoms with Gasteiger partial charge in [-0.25, -0.2) is 9.78 Å². The van der Waals surface area contributed by atoms with Crippen molar-refractivity contribution in [1.82, 2.24) is 10.3 Å². The minimum atomic E-state index is -0.991. The number of piperidine rings is 1. The molecule has 1 unspecified atom stereocenters. The number of hydrogen-bond acceptors (Lipinski definition) is 4. The van der Waals surface area contributed by atoms with Crippen LogP contribution in [0.4, 0.5) is 5.82 Å². The molecule has 0 saturated carbocycles. The number of nitrogens with one attached hydrogen (secondary N) is 2. The maximum absolute atomic E-state index is 11.2. The highest BCUT2D eigenvalue weighted by Crippen LogP contribution is 2.25. The molecular formula is C15H15N3O3. The van der Waals surface area contributed by atoms with Crippen LogP contribution in [0.15, 0.2) is 30.5 Å². The molecule has 0 bridgehead atoms. The molecule has 1 fully saturated rings. The average molecular weight is 285 g/mol. The Hall–Kier alpha value is -2.63. The van der Waals surface area contributed by atoms with Crippen molar-refractivity contribution in [3.8, 4) is 0 Å². The number of hydrogen-bond donors (Lipinski definition) is 3. The van der Waals surface area contributed by atoms with Gasteiger partial charge in [0, 0.05) is 36.0 Å². The molecule has 1 aliphatic heterocycles. The van der Waals surface area contributed by atoms with Crippen LogP contribution >= 0.6 is 0 Å². The lowest BCUT2D eigenvalue weighted by atomic mass is 10.0. The van der Waals surface area contributed by atoms with Gasteiger partial charge >= 0.3 is 5.97 Å². The number of carboxylic acids is 1. The monoisotopic (exact) mass is 285 g/mol. The van der Waals surface area contributed by atoms with Crippen LogP contribution in [0.5, 0.6) is 0 Å². The molecule has 0 aliphatic carbocycles. The van der Waals surface area contributed by atoms with Crippen molar-refractivity contribution in [2.45, 2.75) is 18.9 Å². The molecular weight excluding hydrogens is 270 g/mol. The van der Waals surface area contributed by atoms with Crippen LogP contribution in [0.2, 0.25) is 0 Å². The van der Waals surface area contributed by atoms with E-state index in [1.807, 2.05) is 12.1 Å². The third kappa shape index (κ3) is 2.65. The van der Waals surface area contributed by atoms with Crippen molar-refractivity contribution in [1.29, 1.82) is 0 Å². The fourth-order valence-corrected chi connectivity index (χ4v) is 2.53. The third-order valence-corrected chi connectivity index (χ3v) is 3.63. The topological polar surface area (TPSA) is 91.3 Å². The molecule has 3 rings (SSSR count). The predicted molar refractivity (Wildman–Crippen MR) is 78.4 cm³/mol. The molecule has 21 heavy (non-hydrogen) atoms. The first-order chi connectivity index (χ1) is 10.1. The van der Waals surface area contributed by atoms with Gasteiger partial charge in [0.25, 0.3) is 0 Å². The molecule has 0 radical (unpaired) electrons. The zero-order valence-corrected chi connectivity index (χ0v) is 11.3. The Morgan fingerprint density at radius 3 is 2.76 bits per heavy atom. The van der Waals surface area contributed by atoms with Crippen molar-refractivity contribution < 1.29 is 14.7 Å². The molecule has 1 aromatic heterocycles. The normalized spacial score (nSPS) is 18.3. The minimum Gasteiger partial charge on any atom is -0.478 e. The average Bonchev–Trinajstić information content (AvgIpc) is 2.49. The number of amides is 1. The van der Waals surface area contributed by atoms with E-state index in [4.69, 9.17) is 0 Å². The fraction of sp³-hybridized carbons (Fsp3) is 0.267. The number of anilines is 1. The van der Waals surface area contributed by atoms with Crippen LogP contribution < -0.4 is 10.6 Å². The predicted octanol–water partition coefficient (Wildman–Crippen LogP) is 1.62. The second kappa shape index (κ2) is 5.40. The summed E-state index contributed by atoms with van der Waals surface area (Å²) >= 11 is 0. The summed E-state index contributed by atoms with van der Waals surface area (Å²) < 4.78 is 0. The van der Waals surface area contributed by atoms with Gasteiger partial charge < -0.3 is 15.7 Å².